The monoisotopic (exact) mass is 538 g/mol. The van der Waals surface area contributed by atoms with Gasteiger partial charge in [-0.15, -0.1) is 35.3 Å². The Morgan fingerprint density at radius 2 is 2.12 bits per heavy atom. The molecule has 2 aromatic rings. The molecule has 0 bridgehead atoms. The number of aliphatic imine (C=N–C) groups is 1. The first-order chi connectivity index (χ1) is 11.8. The number of halogens is 2. The van der Waals surface area contributed by atoms with Crippen molar-refractivity contribution in [1.29, 1.82) is 0 Å². The molecule has 0 aromatic carbocycles. The number of thiophene rings is 1. The Morgan fingerprint density at radius 3 is 2.72 bits per heavy atom. The maximum atomic E-state index is 5.66. The summed E-state index contributed by atoms with van der Waals surface area (Å²) in [7, 11) is 1.80. The normalized spacial score (nSPS) is 16.5. The van der Waals surface area contributed by atoms with Gasteiger partial charge in [-0.2, -0.15) is 0 Å². The van der Waals surface area contributed by atoms with Crippen LogP contribution >= 0.6 is 51.2 Å². The van der Waals surface area contributed by atoms with E-state index in [4.69, 9.17) is 4.42 Å². The smallest absolute Gasteiger partial charge is 0.191 e. The van der Waals surface area contributed by atoms with E-state index >= 15 is 0 Å². The lowest BCUT2D eigenvalue weighted by atomic mass is 10.2. The summed E-state index contributed by atoms with van der Waals surface area (Å²) in [5.41, 5.74) is 0. The lowest BCUT2D eigenvalue weighted by Crippen LogP contribution is -2.42. The first kappa shape index (κ1) is 20.7. The van der Waals surface area contributed by atoms with Gasteiger partial charge in [0.25, 0.3) is 0 Å². The molecule has 25 heavy (non-hydrogen) atoms. The van der Waals surface area contributed by atoms with Gasteiger partial charge in [0.1, 0.15) is 5.76 Å². The van der Waals surface area contributed by atoms with Crippen molar-refractivity contribution in [2.24, 2.45) is 4.99 Å². The van der Waals surface area contributed by atoms with E-state index in [0.717, 1.165) is 41.7 Å². The van der Waals surface area contributed by atoms with Crippen LogP contribution < -0.4 is 10.6 Å². The van der Waals surface area contributed by atoms with E-state index < -0.39 is 0 Å². The van der Waals surface area contributed by atoms with Gasteiger partial charge >= 0.3 is 0 Å². The molecule has 0 saturated carbocycles. The van der Waals surface area contributed by atoms with E-state index in [-0.39, 0.29) is 30.0 Å². The molecule has 3 rings (SSSR count). The molecule has 1 aliphatic rings. The van der Waals surface area contributed by atoms with Gasteiger partial charge in [0, 0.05) is 18.5 Å². The van der Waals surface area contributed by atoms with Crippen molar-refractivity contribution in [2.75, 3.05) is 26.7 Å². The average molecular weight is 539 g/mol. The third-order valence-electron chi connectivity index (χ3n) is 4.20. The molecule has 138 valence electrons. The molecule has 1 saturated heterocycles. The molecular weight excluding hydrogens is 515 g/mol. The number of hydrogen-bond donors (Lipinski definition) is 2. The molecule has 1 unspecified atom stereocenters. The zero-order chi connectivity index (χ0) is 16.8. The summed E-state index contributed by atoms with van der Waals surface area (Å²) in [5, 5.41) is 6.81. The minimum atomic E-state index is 0. The zero-order valence-electron chi connectivity index (χ0n) is 14.2. The third kappa shape index (κ3) is 5.97. The maximum Gasteiger partial charge on any atom is 0.191 e. The van der Waals surface area contributed by atoms with E-state index in [2.05, 4.69) is 54.7 Å². The van der Waals surface area contributed by atoms with Crippen molar-refractivity contribution < 1.29 is 4.42 Å². The van der Waals surface area contributed by atoms with Crippen molar-refractivity contribution in [1.82, 2.24) is 15.5 Å². The van der Waals surface area contributed by atoms with Crippen LogP contribution in [0.1, 0.15) is 29.5 Å². The predicted molar refractivity (Wildman–Crippen MR) is 118 cm³/mol. The van der Waals surface area contributed by atoms with Gasteiger partial charge in [-0.05, 0) is 66.1 Å². The molecule has 3 heterocycles. The molecule has 1 aliphatic heterocycles. The van der Waals surface area contributed by atoms with Crippen molar-refractivity contribution >= 4 is 57.2 Å². The van der Waals surface area contributed by atoms with Crippen molar-refractivity contribution in [3.8, 4) is 0 Å². The second-order valence-electron chi connectivity index (χ2n) is 5.79. The largest absolute Gasteiger partial charge is 0.468 e. The summed E-state index contributed by atoms with van der Waals surface area (Å²) < 4.78 is 6.81. The minimum Gasteiger partial charge on any atom is -0.468 e. The number of guanidine groups is 1. The van der Waals surface area contributed by atoms with Crippen LogP contribution in [0.25, 0.3) is 0 Å². The Kier molecular flexibility index (Phi) is 8.74. The Labute approximate surface area is 178 Å². The van der Waals surface area contributed by atoms with Gasteiger partial charge in [0.15, 0.2) is 5.96 Å². The minimum absolute atomic E-state index is 0. The second kappa shape index (κ2) is 10.5. The Morgan fingerprint density at radius 1 is 1.32 bits per heavy atom. The molecule has 5 nitrogen and oxygen atoms in total. The fourth-order valence-electron chi connectivity index (χ4n) is 2.98. The van der Waals surface area contributed by atoms with E-state index in [9.17, 15) is 0 Å². The summed E-state index contributed by atoms with van der Waals surface area (Å²) in [4.78, 5) is 8.08. The molecular formula is C17H24BrIN4OS. The number of rotatable bonds is 6. The van der Waals surface area contributed by atoms with Gasteiger partial charge in [-0.3, -0.25) is 9.89 Å². The van der Waals surface area contributed by atoms with Crippen LogP contribution in [0.15, 0.2) is 43.7 Å². The number of nitrogens with one attached hydrogen (secondary N) is 2. The lowest BCUT2D eigenvalue weighted by Gasteiger charge is -2.26. The molecule has 1 atom stereocenters. The van der Waals surface area contributed by atoms with Crippen molar-refractivity contribution in [3.05, 3.63) is 45.0 Å². The summed E-state index contributed by atoms with van der Waals surface area (Å²) in [6.45, 7) is 3.80. The van der Waals surface area contributed by atoms with E-state index in [1.165, 1.54) is 17.7 Å². The second-order valence-corrected chi connectivity index (χ2v) is 8.33. The summed E-state index contributed by atoms with van der Waals surface area (Å²) in [6, 6.07) is 8.45. The highest BCUT2D eigenvalue weighted by Gasteiger charge is 2.25. The van der Waals surface area contributed by atoms with Gasteiger partial charge in [-0.25, -0.2) is 0 Å². The highest BCUT2D eigenvalue weighted by atomic mass is 127. The Bertz CT molecular complexity index is 655. The lowest BCUT2D eigenvalue weighted by molar-refractivity contribution is 0.215. The van der Waals surface area contributed by atoms with Crippen LogP contribution in [0.2, 0.25) is 0 Å². The van der Waals surface area contributed by atoms with Gasteiger partial charge in [0.2, 0.25) is 0 Å². The van der Waals surface area contributed by atoms with Crippen LogP contribution in [-0.2, 0) is 6.54 Å². The summed E-state index contributed by atoms with van der Waals surface area (Å²) >= 11 is 5.23. The maximum absolute atomic E-state index is 5.66. The van der Waals surface area contributed by atoms with E-state index in [1.807, 2.05) is 6.07 Å². The number of hydrogen-bond acceptors (Lipinski definition) is 4. The predicted octanol–water partition coefficient (Wildman–Crippen LogP) is 4.22. The van der Waals surface area contributed by atoms with Gasteiger partial charge in [0.05, 0.1) is 22.6 Å². The van der Waals surface area contributed by atoms with Crippen LogP contribution in [0.5, 0.6) is 0 Å². The number of nitrogens with zero attached hydrogens (tertiary/aromatic N) is 2. The van der Waals surface area contributed by atoms with Gasteiger partial charge < -0.3 is 15.1 Å². The average Bonchev–Trinajstić information content (AvgIpc) is 3.33. The third-order valence-corrected chi connectivity index (χ3v) is 5.82. The number of furan rings is 1. The first-order valence-electron chi connectivity index (χ1n) is 8.22. The number of likely N-dealkylation sites (tertiary alicyclic amines) is 1. The molecule has 8 heteroatoms. The quantitative estimate of drug-likeness (QED) is 0.328. The van der Waals surface area contributed by atoms with Crippen molar-refractivity contribution in [3.63, 3.8) is 0 Å². The van der Waals surface area contributed by atoms with Crippen LogP contribution in [0.3, 0.4) is 0 Å². The molecule has 0 radical (unpaired) electrons. The van der Waals surface area contributed by atoms with Gasteiger partial charge in [-0.1, -0.05) is 0 Å². The van der Waals surface area contributed by atoms with Crippen LogP contribution in [0, 0.1) is 0 Å². The SMILES string of the molecule is CN=C(NCc1ccc(Br)s1)NCC(c1ccco1)N1CCCC1.I. The molecule has 0 aliphatic carbocycles. The Hall–Kier alpha value is -0.580. The first-order valence-corrected chi connectivity index (χ1v) is 9.83. The highest BCUT2D eigenvalue weighted by molar-refractivity contribution is 14.0. The molecule has 2 N–H and O–H groups in total. The van der Waals surface area contributed by atoms with Crippen LogP contribution in [0.4, 0.5) is 0 Å². The molecule has 2 aromatic heterocycles. The fraction of sp³-hybridized carbons (Fsp3) is 0.471. The molecule has 1 fully saturated rings. The summed E-state index contributed by atoms with van der Waals surface area (Å²) in [5.74, 6) is 1.83. The van der Waals surface area contributed by atoms with E-state index in [1.54, 1.807) is 24.6 Å². The molecule has 0 amide bonds. The fourth-order valence-corrected chi connectivity index (χ4v) is 4.40. The standard InChI is InChI=1S/C17H23BrN4OS.HI/c1-19-17(20-11-13-6-7-16(18)24-13)21-12-14(15-5-4-10-23-15)22-8-2-3-9-22;/h4-7,10,14H,2-3,8-9,11-12H2,1H3,(H2,19,20,21);1H. The van der Waals surface area contributed by atoms with Crippen LogP contribution in [-0.4, -0.2) is 37.5 Å². The molecule has 0 spiro atoms. The summed E-state index contributed by atoms with van der Waals surface area (Å²) in [6.07, 6.45) is 4.27. The zero-order valence-corrected chi connectivity index (χ0v) is 18.9. The highest BCUT2D eigenvalue weighted by Crippen LogP contribution is 2.25. The Balaban J connectivity index is 0.00000225. The van der Waals surface area contributed by atoms with Crippen molar-refractivity contribution in [2.45, 2.75) is 25.4 Å². The van der Waals surface area contributed by atoms with E-state index in [0.29, 0.717) is 0 Å². The topological polar surface area (TPSA) is 52.8 Å².